The van der Waals surface area contributed by atoms with E-state index < -0.39 is 103 Å². The highest BCUT2D eigenvalue weighted by Gasteiger charge is 2.49. The molecule has 0 aromatic rings. The van der Waals surface area contributed by atoms with Crippen molar-refractivity contribution in [2.75, 3.05) is 46.4 Å². The van der Waals surface area contributed by atoms with E-state index in [9.17, 15) is 34.8 Å². The van der Waals surface area contributed by atoms with Crippen LogP contribution < -0.4 is 33.2 Å². The molecule has 0 radical (unpaired) electrons. The number of ether oxygens (including phenoxy) is 6. The van der Waals surface area contributed by atoms with Gasteiger partial charge in [-0.15, -0.1) is 0 Å². The predicted molar refractivity (Wildman–Crippen MR) is 204 cm³/mol. The van der Waals surface area contributed by atoms with Crippen molar-refractivity contribution in [3.05, 3.63) is 11.8 Å². The Bertz CT molecular complexity index is 1250. The first kappa shape index (κ1) is 49.3. The van der Waals surface area contributed by atoms with E-state index in [1.165, 1.54) is 14.0 Å². The number of aliphatic hydroxyl groups is 4. The Balaban J connectivity index is 2.22. The largest absolute Gasteiger partial charge is 0.467 e. The van der Waals surface area contributed by atoms with Crippen molar-refractivity contribution in [2.45, 2.75) is 153 Å². The summed E-state index contributed by atoms with van der Waals surface area (Å²) in [7, 11) is 1.42. The minimum Gasteiger partial charge on any atom is -0.467 e. The molecule has 11 atom stereocenters. The highest BCUT2D eigenvalue weighted by atomic mass is 16.7. The van der Waals surface area contributed by atoms with Gasteiger partial charge in [-0.05, 0) is 93.3 Å². The second kappa shape index (κ2) is 22.9. The SMILES string of the molecule is C[C@@H]([C@@H](O)[C@H](OCCO)O[C@@H]1[C@@H](O)[C@H](O[C@H]2OC(CNCCCNC(=O)OC(C)(C)C)=CC[C@H]2N)[C@@H](N)C[C@H]1NC(=O)[C@H](O)CCN)N(C)C(=O)OC(C)(C)C. The van der Waals surface area contributed by atoms with Crippen LogP contribution in [0.4, 0.5) is 9.59 Å². The van der Waals surface area contributed by atoms with Crippen molar-refractivity contribution < 1.29 is 63.2 Å². The van der Waals surface area contributed by atoms with Crippen molar-refractivity contribution in [3.63, 3.8) is 0 Å². The highest BCUT2D eigenvalue weighted by molar-refractivity contribution is 5.80. The minimum absolute atomic E-state index is 0.0302. The Morgan fingerprint density at radius 3 is 2.30 bits per heavy atom. The molecular formula is C36H69N7O13. The lowest BCUT2D eigenvalue weighted by Crippen LogP contribution is -2.67. The molecule has 0 spiro atoms. The second-order valence-electron chi connectivity index (χ2n) is 16.1. The van der Waals surface area contributed by atoms with Crippen molar-refractivity contribution in [1.29, 1.82) is 0 Å². The second-order valence-corrected chi connectivity index (χ2v) is 16.1. The standard InChI is InChI=1S/C36H69N7O13/c1-20(43(8)34(50)56-36(5,6)7)26(46)32(51-17-16-44)54-29-24(42-30(48)25(45)12-13-37)18-23(39)28(27(29)47)53-31-22(38)11-10-21(52-31)19-40-14-9-15-41-33(49)55-35(2,3)4/h10,20,22-29,31-32,40,44-47H,9,11-19,37-39H2,1-8H3,(H,41,49)(H,42,48)/t20-,22+,23-,24+,25+,26+,27-,28+,29-,31+,32+/m0/s1. The van der Waals surface area contributed by atoms with Crippen LogP contribution in [0.1, 0.15) is 74.1 Å². The Kier molecular flexibility index (Phi) is 20.1. The normalized spacial score (nSPS) is 26.5. The quantitative estimate of drug-likeness (QED) is 0.0492. The number of alkyl carbamates (subject to hydrolysis) is 1. The lowest BCUT2D eigenvalue weighted by Gasteiger charge is -2.46. The van der Waals surface area contributed by atoms with Crippen molar-refractivity contribution in [3.8, 4) is 0 Å². The molecule has 0 bridgehead atoms. The molecule has 0 aromatic heterocycles. The first-order chi connectivity index (χ1) is 26.1. The van der Waals surface area contributed by atoms with Crippen molar-refractivity contribution in [2.24, 2.45) is 17.2 Å². The van der Waals surface area contributed by atoms with Gasteiger partial charge in [-0.3, -0.25) is 4.79 Å². The lowest BCUT2D eigenvalue weighted by atomic mass is 9.83. The summed E-state index contributed by atoms with van der Waals surface area (Å²) in [5.74, 6) is -0.258. The molecule has 2 aliphatic rings. The average molecular weight is 808 g/mol. The maximum atomic E-state index is 13.0. The van der Waals surface area contributed by atoms with Gasteiger partial charge in [-0.25, -0.2) is 9.59 Å². The summed E-state index contributed by atoms with van der Waals surface area (Å²) < 4.78 is 34.9. The van der Waals surface area contributed by atoms with Gasteiger partial charge in [0.25, 0.3) is 0 Å². The Labute approximate surface area is 330 Å². The molecule has 1 aliphatic carbocycles. The fraction of sp³-hybridized carbons (Fsp3) is 0.861. The molecule has 326 valence electrons. The lowest BCUT2D eigenvalue weighted by molar-refractivity contribution is -0.274. The smallest absolute Gasteiger partial charge is 0.410 e. The minimum atomic E-state index is -1.59. The van der Waals surface area contributed by atoms with Gasteiger partial charge in [0.15, 0.2) is 6.29 Å². The molecule has 1 aliphatic heterocycles. The molecule has 0 unspecified atom stereocenters. The summed E-state index contributed by atoms with van der Waals surface area (Å²) in [5, 5.41) is 51.8. The van der Waals surface area contributed by atoms with E-state index in [2.05, 4.69) is 16.0 Å². The van der Waals surface area contributed by atoms with E-state index in [0.29, 0.717) is 38.2 Å². The van der Waals surface area contributed by atoms with E-state index in [0.717, 1.165) is 4.90 Å². The summed E-state index contributed by atoms with van der Waals surface area (Å²) in [6.07, 6.45) is -8.30. The van der Waals surface area contributed by atoms with E-state index in [1.54, 1.807) is 41.5 Å². The molecule has 56 heavy (non-hydrogen) atoms. The number of aliphatic hydroxyl groups excluding tert-OH is 4. The zero-order valence-electron chi connectivity index (χ0n) is 34.1. The third-order valence-corrected chi connectivity index (χ3v) is 8.84. The monoisotopic (exact) mass is 807 g/mol. The van der Waals surface area contributed by atoms with Crippen molar-refractivity contribution >= 4 is 18.1 Å². The van der Waals surface area contributed by atoms with E-state index in [4.69, 9.17) is 45.6 Å². The topological polar surface area (TPSA) is 305 Å². The molecular weight excluding hydrogens is 738 g/mol. The maximum absolute atomic E-state index is 13.0. The van der Waals surface area contributed by atoms with Crippen LogP contribution in [-0.2, 0) is 33.2 Å². The number of nitrogens with one attached hydrogen (secondary N) is 3. The van der Waals surface area contributed by atoms with E-state index in [1.807, 2.05) is 6.08 Å². The summed E-state index contributed by atoms with van der Waals surface area (Å²) in [4.78, 5) is 38.8. The molecule has 1 fully saturated rings. The van der Waals surface area contributed by atoms with Gasteiger partial charge >= 0.3 is 12.2 Å². The molecule has 20 heteroatoms. The predicted octanol–water partition coefficient (Wildman–Crippen LogP) is -1.54. The summed E-state index contributed by atoms with van der Waals surface area (Å²) >= 11 is 0. The van der Waals surface area contributed by atoms with E-state index in [-0.39, 0.29) is 26.0 Å². The van der Waals surface area contributed by atoms with Crippen LogP contribution in [0.3, 0.4) is 0 Å². The van der Waals surface area contributed by atoms with Crippen LogP contribution in [0, 0.1) is 0 Å². The Morgan fingerprint density at radius 2 is 1.70 bits per heavy atom. The van der Waals surface area contributed by atoms with E-state index >= 15 is 0 Å². The average Bonchev–Trinajstić information content (AvgIpc) is 3.09. The van der Waals surface area contributed by atoms with Gasteiger partial charge in [0.05, 0.1) is 37.9 Å². The first-order valence-corrected chi connectivity index (χ1v) is 19.2. The Hall–Kier alpha value is -2.89. The van der Waals surface area contributed by atoms with Crippen molar-refractivity contribution in [1.82, 2.24) is 20.9 Å². The number of likely N-dealkylation sites (N-methyl/N-ethyl adjacent to an activating group) is 1. The zero-order valence-corrected chi connectivity index (χ0v) is 34.1. The van der Waals surface area contributed by atoms with Gasteiger partial charge < -0.3 is 86.9 Å². The van der Waals surface area contributed by atoms with Gasteiger partial charge in [0.2, 0.25) is 12.2 Å². The Morgan fingerprint density at radius 1 is 1.04 bits per heavy atom. The number of amides is 3. The van der Waals surface area contributed by atoms with Gasteiger partial charge in [0, 0.05) is 19.6 Å². The zero-order chi connectivity index (χ0) is 42.4. The molecule has 1 saturated carbocycles. The molecule has 0 saturated heterocycles. The molecule has 0 aromatic carbocycles. The highest BCUT2D eigenvalue weighted by Crippen LogP contribution is 2.30. The van der Waals surface area contributed by atoms with Crippen LogP contribution in [0.15, 0.2) is 11.8 Å². The summed E-state index contributed by atoms with van der Waals surface area (Å²) in [6, 6.07) is -3.58. The van der Waals surface area contributed by atoms with Gasteiger partial charge in [-0.1, -0.05) is 0 Å². The fourth-order valence-electron chi connectivity index (χ4n) is 5.79. The third kappa shape index (κ3) is 16.5. The number of nitrogens with zero attached hydrogens (tertiary/aromatic N) is 1. The van der Waals surface area contributed by atoms with Gasteiger partial charge in [-0.2, -0.15) is 0 Å². The van der Waals surface area contributed by atoms with Crippen LogP contribution in [0.5, 0.6) is 0 Å². The summed E-state index contributed by atoms with van der Waals surface area (Å²) in [5.41, 5.74) is 17.0. The summed E-state index contributed by atoms with van der Waals surface area (Å²) in [6.45, 7) is 12.5. The molecule has 3 amide bonds. The van der Waals surface area contributed by atoms with Crippen LogP contribution in [0.25, 0.3) is 0 Å². The van der Waals surface area contributed by atoms with Crippen LogP contribution in [-0.4, -0.2) is 168 Å². The molecule has 13 N–H and O–H groups in total. The van der Waals surface area contributed by atoms with Crippen LogP contribution >= 0.6 is 0 Å². The van der Waals surface area contributed by atoms with Gasteiger partial charge in [0.1, 0.15) is 47.5 Å². The number of hydrogen-bond acceptors (Lipinski definition) is 17. The molecule has 20 nitrogen and oxygen atoms in total. The number of carbonyl (C=O) groups is 3. The number of carbonyl (C=O) groups excluding carboxylic acids is 3. The van der Waals surface area contributed by atoms with Crippen LogP contribution in [0.2, 0.25) is 0 Å². The fourth-order valence-corrected chi connectivity index (χ4v) is 5.79. The molecule has 1 heterocycles. The molecule has 2 rings (SSSR count). The first-order valence-electron chi connectivity index (χ1n) is 19.2. The number of hydrogen-bond donors (Lipinski definition) is 10. The maximum Gasteiger partial charge on any atom is 0.410 e. The number of rotatable bonds is 20. The third-order valence-electron chi connectivity index (χ3n) is 8.84. The number of nitrogens with two attached hydrogens (primary N) is 3.